The molecule has 0 N–H and O–H groups in total. The topological polar surface area (TPSA) is 31.2 Å². The molecule has 2 atom stereocenters. The van der Waals surface area contributed by atoms with Crippen molar-refractivity contribution in [3.05, 3.63) is 13.8 Å². The largest absolute Gasteiger partial charge is 0.388 e. The van der Waals surface area contributed by atoms with E-state index >= 15 is 0 Å². The van der Waals surface area contributed by atoms with Gasteiger partial charge in [0, 0.05) is 65.1 Å². The van der Waals surface area contributed by atoms with Gasteiger partial charge in [0.05, 0.1) is 6.34 Å². The van der Waals surface area contributed by atoms with E-state index in [0.29, 0.717) is 12.1 Å². The normalized spacial score (nSPS) is 28.5. The van der Waals surface area contributed by atoms with Gasteiger partial charge in [-0.3, -0.25) is 9.98 Å². The molecular formula is C12H20N4Y-2. The molecule has 0 fully saturated rings. The van der Waals surface area contributed by atoms with E-state index in [9.17, 15) is 0 Å². The summed E-state index contributed by atoms with van der Waals surface area (Å²) < 4.78 is 0. The summed E-state index contributed by atoms with van der Waals surface area (Å²) in [5.41, 5.74) is 0. The Labute approximate surface area is 129 Å². The summed E-state index contributed by atoms with van der Waals surface area (Å²) in [5, 5.41) is 0. The number of hydrogen-bond acceptors (Lipinski definition) is 4. The number of rotatable bonds is 4. The van der Waals surface area contributed by atoms with Crippen molar-refractivity contribution in [3.63, 3.8) is 0 Å². The fraction of sp³-hybridized carbons (Fsp3) is 0.667. The summed E-state index contributed by atoms with van der Waals surface area (Å²) >= 11 is 0. The summed E-state index contributed by atoms with van der Waals surface area (Å²) in [5.74, 6) is 0. The zero-order valence-electron chi connectivity index (χ0n) is 10.3. The molecule has 0 aromatic rings. The Hall–Kier alpha value is 0.204. The van der Waals surface area contributed by atoms with Gasteiger partial charge in [0.25, 0.3) is 0 Å². The molecule has 0 spiro atoms. The van der Waals surface area contributed by atoms with Gasteiger partial charge in [0.15, 0.2) is 0 Å². The Kier molecular flexibility index (Phi) is 6.82. The minimum Gasteiger partial charge on any atom is -0.388 e. The van der Waals surface area contributed by atoms with Gasteiger partial charge in [0.2, 0.25) is 0 Å². The Balaban J connectivity index is 0.00000144. The first-order valence-corrected chi connectivity index (χ1v) is 5.91. The van der Waals surface area contributed by atoms with Crippen LogP contribution in [0.5, 0.6) is 0 Å². The van der Waals surface area contributed by atoms with E-state index in [1.807, 2.05) is 12.6 Å². The van der Waals surface area contributed by atoms with E-state index in [2.05, 4.69) is 33.6 Å². The van der Waals surface area contributed by atoms with Crippen molar-refractivity contribution in [1.82, 2.24) is 9.80 Å². The predicted octanol–water partition coefficient (Wildman–Crippen LogP) is 0.510. The molecule has 93 valence electrons. The molecule has 0 bridgehead atoms. The van der Waals surface area contributed by atoms with Crippen molar-refractivity contribution in [2.45, 2.75) is 18.5 Å². The van der Waals surface area contributed by atoms with E-state index in [1.165, 1.54) is 0 Å². The van der Waals surface area contributed by atoms with Crippen molar-refractivity contribution in [1.29, 1.82) is 0 Å². The molecule has 2 unspecified atom stereocenters. The maximum Gasteiger partial charge on any atom is 0.0828 e. The monoisotopic (exact) mass is 309 g/mol. The van der Waals surface area contributed by atoms with Gasteiger partial charge in [0.1, 0.15) is 0 Å². The molecule has 2 rings (SSSR count). The zero-order valence-corrected chi connectivity index (χ0v) is 13.2. The Morgan fingerprint density at radius 2 is 1.88 bits per heavy atom. The van der Waals surface area contributed by atoms with Crippen LogP contribution in [0.3, 0.4) is 0 Å². The third-order valence-corrected chi connectivity index (χ3v) is 3.15. The molecule has 2 aliphatic rings. The third kappa shape index (κ3) is 4.42. The maximum absolute atomic E-state index is 4.24. The minimum atomic E-state index is 0. The van der Waals surface area contributed by atoms with E-state index in [-0.39, 0.29) is 32.7 Å². The summed E-state index contributed by atoms with van der Waals surface area (Å²) in [4.78, 5) is 13.0. The summed E-state index contributed by atoms with van der Waals surface area (Å²) in [6.45, 7) is 12.9. The minimum absolute atomic E-state index is 0. The molecule has 0 saturated heterocycles. The van der Waals surface area contributed by atoms with Crippen LogP contribution in [0.25, 0.3) is 0 Å². The van der Waals surface area contributed by atoms with Crippen LogP contribution in [-0.4, -0.2) is 67.2 Å². The molecule has 5 heteroatoms. The average Bonchev–Trinajstić information content (AvgIpc) is 2.67. The van der Waals surface area contributed by atoms with Gasteiger partial charge in [-0.15, -0.1) is 0 Å². The predicted molar refractivity (Wildman–Crippen MR) is 67.9 cm³/mol. The fourth-order valence-corrected chi connectivity index (χ4v) is 2.07. The van der Waals surface area contributed by atoms with Crippen LogP contribution in [-0.2, 0) is 32.7 Å². The first-order valence-electron chi connectivity index (χ1n) is 5.91. The van der Waals surface area contributed by atoms with Crippen LogP contribution in [0.2, 0.25) is 0 Å². The fourth-order valence-electron chi connectivity index (χ4n) is 2.07. The summed E-state index contributed by atoms with van der Waals surface area (Å²) in [6, 6.07) is 0.672. The number of hydrogen-bond donors (Lipinski definition) is 0. The van der Waals surface area contributed by atoms with Crippen molar-refractivity contribution in [2.24, 2.45) is 9.98 Å². The van der Waals surface area contributed by atoms with Gasteiger partial charge in [-0.25, -0.2) is 0 Å². The molecule has 2 aliphatic heterocycles. The Morgan fingerprint density at radius 1 is 1.12 bits per heavy atom. The smallest absolute Gasteiger partial charge is 0.0828 e. The standard InChI is InChI=1S/C12H20N4.Y/c1-11-8-13-4-7-15(11)5-3-6-16-10-14-9-12(16)2;/h4,10-12H,1-3,5-9H2;/q-2;. The van der Waals surface area contributed by atoms with E-state index < -0.39 is 0 Å². The Morgan fingerprint density at radius 3 is 2.53 bits per heavy atom. The van der Waals surface area contributed by atoms with Gasteiger partial charge in [-0.2, -0.15) is 0 Å². The second-order valence-electron chi connectivity index (χ2n) is 4.42. The second kappa shape index (κ2) is 7.60. The van der Waals surface area contributed by atoms with Gasteiger partial charge in [-0.1, -0.05) is 12.1 Å². The van der Waals surface area contributed by atoms with E-state index in [0.717, 1.165) is 39.1 Å². The first kappa shape index (κ1) is 15.3. The van der Waals surface area contributed by atoms with E-state index in [4.69, 9.17) is 0 Å². The van der Waals surface area contributed by atoms with Crippen molar-refractivity contribution in [3.8, 4) is 0 Å². The zero-order chi connectivity index (χ0) is 11.4. The van der Waals surface area contributed by atoms with Crippen LogP contribution in [0.15, 0.2) is 9.98 Å². The molecule has 0 aliphatic carbocycles. The van der Waals surface area contributed by atoms with Crippen LogP contribution in [0, 0.1) is 13.8 Å². The van der Waals surface area contributed by atoms with Gasteiger partial charge >= 0.3 is 0 Å². The van der Waals surface area contributed by atoms with Crippen molar-refractivity contribution >= 4 is 12.6 Å². The molecule has 2 heterocycles. The molecule has 17 heavy (non-hydrogen) atoms. The summed E-state index contributed by atoms with van der Waals surface area (Å²) in [6.07, 6.45) is 5.05. The second-order valence-corrected chi connectivity index (χ2v) is 4.42. The molecule has 0 saturated carbocycles. The molecule has 0 aromatic heterocycles. The summed E-state index contributed by atoms with van der Waals surface area (Å²) in [7, 11) is 0. The number of aliphatic imine (C=N–C) groups is 2. The average molecular weight is 309 g/mol. The SMILES string of the molecule is [CH2-]C1CN=CN1CCCN1CC=NCC1[CH2-].[Y]. The number of nitrogens with zero attached hydrogens (tertiary/aromatic N) is 4. The molecule has 0 aromatic carbocycles. The van der Waals surface area contributed by atoms with Gasteiger partial charge < -0.3 is 23.6 Å². The van der Waals surface area contributed by atoms with Crippen LogP contribution in [0.4, 0.5) is 0 Å². The van der Waals surface area contributed by atoms with Crippen LogP contribution < -0.4 is 0 Å². The van der Waals surface area contributed by atoms with E-state index in [1.54, 1.807) is 0 Å². The quantitative estimate of drug-likeness (QED) is 0.709. The molecule has 1 radical (unpaired) electrons. The first-order chi connectivity index (χ1) is 7.77. The molecule has 4 nitrogen and oxygen atoms in total. The Bertz CT molecular complexity index is 280. The van der Waals surface area contributed by atoms with Gasteiger partial charge in [-0.05, 0) is 13.0 Å². The van der Waals surface area contributed by atoms with Crippen molar-refractivity contribution in [2.75, 3.05) is 32.7 Å². The molecular weight excluding hydrogens is 289 g/mol. The third-order valence-electron chi connectivity index (χ3n) is 3.15. The van der Waals surface area contributed by atoms with Crippen molar-refractivity contribution < 1.29 is 32.7 Å². The maximum atomic E-state index is 4.24. The molecule has 0 amide bonds. The van der Waals surface area contributed by atoms with Crippen LogP contribution in [0.1, 0.15) is 6.42 Å². The van der Waals surface area contributed by atoms with Crippen LogP contribution >= 0.6 is 0 Å².